The summed E-state index contributed by atoms with van der Waals surface area (Å²) in [4.78, 5) is 0. The molecule has 4 aromatic rings. The minimum Gasteiger partial charge on any atom is -0.504 e. The van der Waals surface area contributed by atoms with E-state index in [0.717, 1.165) is 0 Å². The van der Waals surface area contributed by atoms with Crippen LogP contribution in [0.25, 0.3) is 33.3 Å². The highest BCUT2D eigenvalue weighted by molar-refractivity contribution is 6.12. The van der Waals surface area contributed by atoms with Gasteiger partial charge in [0.1, 0.15) is 17.1 Å². The van der Waals surface area contributed by atoms with Gasteiger partial charge in [-0.3, -0.25) is 0 Å². The molecule has 0 fully saturated rings. The summed E-state index contributed by atoms with van der Waals surface area (Å²) >= 11 is 0. The number of aromatic hydroxyl groups is 1. The van der Waals surface area contributed by atoms with Crippen molar-refractivity contribution in [2.45, 2.75) is 13.8 Å². The van der Waals surface area contributed by atoms with Gasteiger partial charge in [0, 0.05) is 11.5 Å². The van der Waals surface area contributed by atoms with Crippen LogP contribution in [0, 0.1) is 13.8 Å². The maximum Gasteiger partial charge on any atom is 0.177 e. The number of phenols is 1. The van der Waals surface area contributed by atoms with Crippen LogP contribution in [0.1, 0.15) is 11.5 Å². The Kier molecular flexibility index (Phi) is 2.16. The van der Waals surface area contributed by atoms with Gasteiger partial charge in [-0.2, -0.15) is 0 Å². The van der Waals surface area contributed by atoms with E-state index >= 15 is 0 Å². The normalized spacial score (nSPS) is 11.7. The van der Waals surface area contributed by atoms with E-state index in [4.69, 9.17) is 19.1 Å². The van der Waals surface area contributed by atoms with Crippen LogP contribution in [0.15, 0.2) is 31.6 Å². The van der Waals surface area contributed by atoms with E-state index in [-0.39, 0.29) is 11.6 Å². The van der Waals surface area contributed by atoms with Crippen molar-refractivity contribution in [1.29, 1.82) is 0 Å². The van der Waals surface area contributed by atoms with Gasteiger partial charge in [0.05, 0.1) is 10.9 Å². The molecule has 0 aliphatic heterocycles. The molecule has 6 heteroatoms. The molecule has 3 aromatic heterocycles. The van der Waals surface area contributed by atoms with Gasteiger partial charge in [-0.25, -0.2) is 0 Å². The van der Waals surface area contributed by atoms with Crippen LogP contribution in [0.3, 0.4) is 0 Å². The molecule has 0 amide bonds. The Morgan fingerprint density at radius 1 is 1.00 bits per heavy atom. The third-order valence-electron chi connectivity index (χ3n) is 3.45. The molecule has 0 bridgehead atoms. The zero-order chi connectivity index (χ0) is 14.7. The predicted molar refractivity (Wildman–Crippen MR) is 77.0 cm³/mol. The zero-order valence-electron chi connectivity index (χ0n) is 11.4. The highest BCUT2D eigenvalue weighted by Crippen LogP contribution is 2.45. The molecule has 0 unspecified atom stereocenters. The summed E-state index contributed by atoms with van der Waals surface area (Å²) in [5, 5.41) is 15.4. The SMILES string of the molecule is Cc1cc2c(-c3cc(N)no3)c3oc(C)cc3c(O)c2o1. The first-order valence-electron chi connectivity index (χ1n) is 6.42. The second-order valence-corrected chi connectivity index (χ2v) is 5.04. The van der Waals surface area contributed by atoms with Gasteiger partial charge in [-0.15, -0.1) is 0 Å². The largest absolute Gasteiger partial charge is 0.504 e. The molecule has 0 spiro atoms. The number of hydrogen-bond acceptors (Lipinski definition) is 6. The summed E-state index contributed by atoms with van der Waals surface area (Å²) in [6, 6.07) is 5.19. The van der Waals surface area contributed by atoms with E-state index in [2.05, 4.69) is 5.16 Å². The van der Waals surface area contributed by atoms with E-state index in [1.165, 1.54) is 0 Å². The van der Waals surface area contributed by atoms with Crippen LogP contribution in [-0.4, -0.2) is 10.3 Å². The number of furan rings is 2. The molecule has 106 valence electrons. The van der Waals surface area contributed by atoms with Crippen molar-refractivity contribution in [1.82, 2.24) is 5.16 Å². The van der Waals surface area contributed by atoms with Crippen LogP contribution in [-0.2, 0) is 0 Å². The maximum atomic E-state index is 10.4. The van der Waals surface area contributed by atoms with E-state index < -0.39 is 0 Å². The molecule has 3 N–H and O–H groups in total. The maximum absolute atomic E-state index is 10.4. The number of phenolic OH excluding ortho intramolecular Hbond substituents is 1. The molecule has 21 heavy (non-hydrogen) atoms. The molecule has 0 saturated heterocycles. The molecule has 6 nitrogen and oxygen atoms in total. The molecule has 3 heterocycles. The smallest absolute Gasteiger partial charge is 0.177 e. The highest BCUT2D eigenvalue weighted by Gasteiger charge is 2.23. The Balaban J connectivity index is 2.25. The summed E-state index contributed by atoms with van der Waals surface area (Å²) in [5.74, 6) is 2.17. The molecule has 1 aromatic carbocycles. The Labute approximate surface area is 118 Å². The average molecular weight is 284 g/mol. The van der Waals surface area contributed by atoms with Gasteiger partial charge in [0.15, 0.2) is 22.9 Å². The number of nitrogens with two attached hydrogens (primary N) is 1. The number of rotatable bonds is 1. The minimum atomic E-state index is 0.0567. The third kappa shape index (κ3) is 1.56. The van der Waals surface area contributed by atoms with Crippen molar-refractivity contribution in [2.75, 3.05) is 5.73 Å². The van der Waals surface area contributed by atoms with Crippen LogP contribution < -0.4 is 5.73 Å². The minimum absolute atomic E-state index is 0.0567. The fourth-order valence-electron chi connectivity index (χ4n) is 2.65. The zero-order valence-corrected chi connectivity index (χ0v) is 11.4. The summed E-state index contributed by atoms with van der Waals surface area (Å²) < 4.78 is 16.6. The second-order valence-electron chi connectivity index (χ2n) is 5.04. The summed E-state index contributed by atoms with van der Waals surface area (Å²) in [6.45, 7) is 3.62. The third-order valence-corrected chi connectivity index (χ3v) is 3.45. The molecule has 0 aliphatic carbocycles. The fourth-order valence-corrected chi connectivity index (χ4v) is 2.65. The molecule has 0 saturated carbocycles. The number of nitrogens with zero attached hydrogens (tertiary/aromatic N) is 1. The standard InChI is InChI=1S/C15H12N2O4/c1-6-3-8-12(10-5-11(16)17-21-10)14-9(4-7(2)19-14)13(18)15(8)20-6/h3-5,18H,1-2H3,(H2,16,17). The van der Waals surface area contributed by atoms with E-state index in [9.17, 15) is 5.11 Å². The van der Waals surface area contributed by atoms with Crippen molar-refractivity contribution in [3.8, 4) is 17.1 Å². The van der Waals surface area contributed by atoms with Gasteiger partial charge < -0.3 is 24.2 Å². The van der Waals surface area contributed by atoms with Crippen molar-refractivity contribution >= 4 is 27.8 Å². The fraction of sp³-hybridized carbons (Fsp3) is 0.133. The van der Waals surface area contributed by atoms with Gasteiger partial charge in [-0.05, 0) is 26.0 Å². The van der Waals surface area contributed by atoms with Crippen molar-refractivity contribution in [3.05, 3.63) is 29.7 Å². The first-order chi connectivity index (χ1) is 10.0. The molecule has 4 rings (SSSR count). The van der Waals surface area contributed by atoms with E-state index in [1.807, 2.05) is 19.9 Å². The lowest BCUT2D eigenvalue weighted by atomic mass is 10.0. The number of anilines is 1. The van der Waals surface area contributed by atoms with Gasteiger partial charge in [-0.1, -0.05) is 5.16 Å². The average Bonchev–Trinajstić information content (AvgIpc) is 3.09. The Morgan fingerprint density at radius 3 is 2.33 bits per heavy atom. The summed E-state index contributed by atoms with van der Waals surface area (Å²) in [6.07, 6.45) is 0. The van der Waals surface area contributed by atoms with Crippen molar-refractivity contribution in [2.24, 2.45) is 0 Å². The number of hydrogen-bond donors (Lipinski definition) is 2. The predicted octanol–water partition coefficient (Wildman–Crippen LogP) is 3.74. The molecular formula is C15H12N2O4. The molecule has 0 aliphatic rings. The van der Waals surface area contributed by atoms with Gasteiger partial charge >= 0.3 is 0 Å². The monoisotopic (exact) mass is 284 g/mol. The lowest BCUT2D eigenvalue weighted by Gasteiger charge is -2.02. The number of fused-ring (bicyclic) bond motifs is 2. The number of nitrogen functional groups attached to an aromatic ring is 1. The lowest BCUT2D eigenvalue weighted by molar-refractivity contribution is 0.435. The molecule has 0 atom stereocenters. The first kappa shape index (κ1) is 11.9. The number of aryl methyl sites for hydroxylation is 2. The Hall–Kier alpha value is -2.89. The second kappa shape index (κ2) is 3.82. The van der Waals surface area contributed by atoms with Crippen molar-refractivity contribution < 1.29 is 18.5 Å². The van der Waals surface area contributed by atoms with Crippen LogP contribution in [0.5, 0.6) is 5.75 Å². The Bertz CT molecular complexity index is 933. The topological polar surface area (TPSA) is 98.6 Å². The molecule has 0 radical (unpaired) electrons. The summed E-state index contributed by atoms with van der Waals surface area (Å²) in [5.41, 5.74) is 7.23. The quantitative estimate of drug-likeness (QED) is 0.552. The van der Waals surface area contributed by atoms with Crippen molar-refractivity contribution in [3.63, 3.8) is 0 Å². The summed E-state index contributed by atoms with van der Waals surface area (Å²) in [7, 11) is 0. The van der Waals surface area contributed by atoms with E-state index in [1.54, 1.807) is 12.1 Å². The van der Waals surface area contributed by atoms with Crippen LogP contribution in [0.2, 0.25) is 0 Å². The highest BCUT2D eigenvalue weighted by atomic mass is 16.5. The number of aromatic nitrogens is 1. The Morgan fingerprint density at radius 2 is 1.67 bits per heavy atom. The lowest BCUT2D eigenvalue weighted by Crippen LogP contribution is -1.81. The first-order valence-corrected chi connectivity index (χ1v) is 6.42. The van der Waals surface area contributed by atoms with E-state index in [0.29, 0.717) is 44.8 Å². The molecular weight excluding hydrogens is 272 g/mol. The van der Waals surface area contributed by atoms with Crippen LogP contribution in [0.4, 0.5) is 5.82 Å². The number of benzene rings is 1. The van der Waals surface area contributed by atoms with Gasteiger partial charge in [0.25, 0.3) is 0 Å². The van der Waals surface area contributed by atoms with Crippen LogP contribution >= 0.6 is 0 Å². The van der Waals surface area contributed by atoms with Gasteiger partial charge in [0.2, 0.25) is 0 Å².